The number of hydrogen-bond donors (Lipinski definition) is 1. The van der Waals surface area contributed by atoms with Crippen LogP contribution in [-0.2, 0) is 15.5 Å². The Morgan fingerprint density at radius 1 is 1.19 bits per heavy atom. The fourth-order valence-electron chi connectivity index (χ4n) is 2.47. The summed E-state index contributed by atoms with van der Waals surface area (Å²) in [5.41, 5.74) is 2.77. The fourth-order valence-corrected chi connectivity index (χ4v) is 3.37. The second kappa shape index (κ2) is 9.35. The first kappa shape index (κ1) is 19.9. The number of amides is 1. The third-order valence-electron chi connectivity index (χ3n) is 3.92. The van der Waals surface area contributed by atoms with E-state index in [1.54, 1.807) is 12.1 Å². The molecule has 142 valence electrons. The molecular weight excluding hydrogens is 407 g/mol. The van der Waals surface area contributed by atoms with E-state index < -0.39 is 0 Å². The topological polar surface area (TPSA) is 59.9 Å². The third kappa shape index (κ3) is 5.79. The molecule has 1 amide bonds. The number of ether oxygens (including phenoxy) is 1. The van der Waals surface area contributed by atoms with Crippen LogP contribution in [-0.4, -0.2) is 18.2 Å². The molecule has 0 aliphatic carbocycles. The van der Waals surface area contributed by atoms with E-state index in [2.05, 4.69) is 10.5 Å². The number of carbonyl (C=O) groups is 1. The Labute approximate surface area is 172 Å². The second-order valence-corrected chi connectivity index (χ2v) is 7.63. The molecule has 1 aliphatic heterocycles. The Morgan fingerprint density at radius 2 is 2.04 bits per heavy atom. The van der Waals surface area contributed by atoms with Crippen LogP contribution in [0.1, 0.15) is 25.3 Å². The van der Waals surface area contributed by atoms with E-state index in [0.29, 0.717) is 29.5 Å². The van der Waals surface area contributed by atoms with E-state index in [1.165, 1.54) is 0 Å². The van der Waals surface area contributed by atoms with Gasteiger partial charge in [0.1, 0.15) is 17.8 Å². The zero-order valence-electron chi connectivity index (χ0n) is 14.6. The van der Waals surface area contributed by atoms with Gasteiger partial charge in [0, 0.05) is 18.5 Å². The van der Waals surface area contributed by atoms with Gasteiger partial charge in [-0.3, -0.25) is 4.79 Å². The average Bonchev–Trinajstić information content (AvgIpc) is 2.65. The maximum Gasteiger partial charge on any atom is 0.224 e. The second-order valence-electron chi connectivity index (χ2n) is 6.03. The smallest absolute Gasteiger partial charge is 0.224 e. The summed E-state index contributed by atoms with van der Waals surface area (Å²) in [6, 6.07) is 10.9. The van der Waals surface area contributed by atoms with E-state index in [0.717, 1.165) is 46.1 Å². The number of anilines is 1. The number of benzene rings is 2. The number of fused-ring (bicyclic) bond motifs is 1. The lowest BCUT2D eigenvalue weighted by Gasteiger charge is -2.17. The number of hydrogen-bond acceptors (Lipinski definition) is 5. The van der Waals surface area contributed by atoms with Crippen molar-refractivity contribution in [3.63, 3.8) is 0 Å². The molecule has 27 heavy (non-hydrogen) atoms. The molecule has 3 rings (SSSR count). The fraction of sp³-hybridized carbons (Fsp3) is 0.263. The molecule has 0 atom stereocenters. The minimum Gasteiger partial charge on any atom is -0.493 e. The molecule has 0 radical (unpaired) electrons. The van der Waals surface area contributed by atoms with Gasteiger partial charge in [-0.1, -0.05) is 28.4 Å². The Bertz CT molecular complexity index is 874. The van der Waals surface area contributed by atoms with Crippen LogP contribution in [0.2, 0.25) is 10.0 Å². The van der Waals surface area contributed by atoms with Gasteiger partial charge in [-0.2, -0.15) is 0 Å². The number of carbonyl (C=O) groups excluding carboxylic acids is 1. The van der Waals surface area contributed by atoms with Crippen molar-refractivity contribution in [2.75, 3.05) is 11.9 Å². The zero-order chi connectivity index (χ0) is 19.2. The van der Waals surface area contributed by atoms with E-state index >= 15 is 0 Å². The van der Waals surface area contributed by atoms with Crippen LogP contribution in [0.3, 0.4) is 0 Å². The number of rotatable bonds is 7. The van der Waals surface area contributed by atoms with Crippen LogP contribution < -0.4 is 10.1 Å². The Balaban J connectivity index is 1.43. The van der Waals surface area contributed by atoms with E-state index in [9.17, 15) is 4.79 Å². The van der Waals surface area contributed by atoms with Crippen LogP contribution in [0.15, 0.2) is 46.4 Å². The number of nitrogens with one attached hydrogen (secondary N) is 1. The number of oxime groups is 1. The summed E-state index contributed by atoms with van der Waals surface area (Å²) in [4.78, 5) is 12.2. The summed E-state index contributed by atoms with van der Waals surface area (Å²) in [7, 11) is 0. The quantitative estimate of drug-likeness (QED) is 0.349. The lowest BCUT2D eigenvalue weighted by atomic mass is 10.0. The summed E-state index contributed by atoms with van der Waals surface area (Å²) in [5.74, 6) is 0.838. The summed E-state index contributed by atoms with van der Waals surface area (Å²) >= 11 is 12.9. The highest BCUT2D eigenvalue weighted by Crippen LogP contribution is 2.29. The van der Waals surface area contributed by atoms with Crippen molar-refractivity contribution in [1.82, 2.24) is 0 Å². The van der Waals surface area contributed by atoms with E-state index in [1.807, 2.05) is 31.2 Å². The largest absolute Gasteiger partial charge is 0.493 e. The van der Waals surface area contributed by atoms with E-state index in [4.69, 9.17) is 32.2 Å². The number of halogens is 2. The molecular formula is C19H18Cl2N2O3S. The highest BCUT2D eigenvalue weighted by molar-refractivity contribution is 7.94. The summed E-state index contributed by atoms with van der Waals surface area (Å²) in [6.45, 7) is 2.36. The maximum atomic E-state index is 11.4. The molecule has 1 heterocycles. The molecule has 0 unspecified atom stereocenters. The van der Waals surface area contributed by atoms with Crippen LogP contribution >= 0.6 is 35.2 Å². The first-order valence-electron chi connectivity index (χ1n) is 8.39. The van der Waals surface area contributed by atoms with Gasteiger partial charge in [-0.15, -0.1) is 0 Å². The van der Waals surface area contributed by atoms with Gasteiger partial charge in [-0.25, -0.2) is 0 Å². The number of aryl methyl sites for hydroxylation is 1. The van der Waals surface area contributed by atoms with Crippen LogP contribution in [0.4, 0.5) is 5.69 Å². The Hall–Kier alpha value is -1.89. The normalized spacial score (nSPS) is 13.7. The first-order valence-corrected chi connectivity index (χ1v) is 9.89. The van der Waals surface area contributed by atoms with Gasteiger partial charge in [0.15, 0.2) is 0 Å². The van der Waals surface area contributed by atoms with Crippen molar-refractivity contribution in [2.45, 2.75) is 31.1 Å². The zero-order valence-corrected chi connectivity index (χ0v) is 17.0. The molecule has 2 aromatic carbocycles. The average molecular weight is 425 g/mol. The molecule has 0 aromatic heterocycles. The highest BCUT2D eigenvalue weighted by atomic mass is 35.5. The van der Waals surface area contributed by atoms with E-state index in [-0.39, 0.29) is 5.91 Å². The molecule has 1 N–H and O–H groups in total. The maximum absolute atomic E-state index is 11.4. The summed E-state index contributed by atoms with van der Waals surface area (Å²) < 4.78 is 11.0. The predicted molar refractivity (Wildman–Crippen MR) is 110 cm³/mol. The van der Waals surface area contributed by atoms with Gasteiger partial charge < -0.3 is 14.3 Å². The number of nitrogens with zero attached hydrogens (tertiary/aromatic N) is 1. The van der Waals surface area contributed by atoms with Crippen molar-refractivity contribution in [3.8, 4) is 5.75 Å². The lowest BCUT2D eigenvalue weighted by molar-refractivity contribution is -0.116. The van der Waals surface area contributed by atoms with Crippen molar-refractivity contribution in [3.05, 3.63) is 52.0 Å². The Morgan fingerprint density at radius 3 is 2.85 bits per heavy atom. The first-order chi connectivity index (χ1) is 13.0. The molecule has 2 aromatic rings. The minimum atomic E-state index is 0.0572. The molecule has 8 heteroatoms. The van der Waals surface area contributed by atoms with Gasteiger partial charge in [0.25, 0.3) is 0 Å². The van der Waals surface area contributed by atoms with Crippen molar-refractivity contribution in [1.29, 1.82) is 0 Å². The van der Waals surface area contributed by atoms with Crippen LogP contribution in [0.25, 0.3) is 0 Å². The van der Waals surface area contributed by atoms with Crippen molar-refractivity contribution in [2.24, 2.45) is 5.16 Å². The van der Waals surface area contributed by atoms with Gasteiger partial charge in [0.2, 0.25) is 5.91 Å². The van der Waals surface area contributed by atoms with Crippen LogP contribution in [0, 0.1) is 0 Å². The summed E-state index contributed by atoms with van der Waals surface area (Å²) in [6.07, 6.45) is 1.88. The monoisotopic (exact) mass is 424 g/mol. The predicted octanol–water partition coefficient (Wildman–Crippen LogP) is 5.75. The molecule has 0 bridgehead atoms. The third-order valence-corrected chi connectivity index (χ3v) is 5.26. The highest BCUT2D eigenvalue weighted by Gasteiger charge is 2.15. The SMILES string of the molecule is CC(CCOc1ccc2c(c1)CCC(=O)N2)=NOSc1ccc(Cl)c(Cl)c1. The molecule has 5 nitrogen and oxygen atoms in total. The van der Waals surface area contributed by atoms with Crippen molar-refractivity contribution >= 4 is 52.6 Å². The molecule has 0 fully saturated rings. The standard InChI is InChI=1S/C19H18Cl2N2O3S/c1-12(23-26-27-15-4-5-16(20)17(21)11-15)8-9-25-14-3-6-18-13(10-14)2-7-19(24)22-18/h3-6,10-11H,2,7-9H2,1H3,(H,22,24). The van der Waals surface area contributed by atoms with Crippen LogP contribution in [0.5, 0.6) is 5.75 Å². The minimum absolute atomic E-state index is 0.0572. The van der Waals surface area contributed by atoms with Crippen molar-refractivity contribution < 1.29 is 13.8 Å². The molecule has 0 saturated heterocycles. The van der Waals surface area contributed by atoms with Gasteiger partial charge in [-0.05, 0) is 55.3 Å². The summed E-state index contributed by atoms with van der Waals surface area (Å²) in [5, 5.41) is 7.89. The molecule has 0 spiro atoms. The Kier molecular flexibility index (Phi) is 6.88. The molecule has 1 aliphatic rings. The van der Waals surface area contributed by atoms with Gasteiger partial charge in [0.05, 0.1) is 27.3 Å². The lowest BCUT2D eigenvalue weighted by Crippen LogP contribution is -2.18. The van der Waals surface area contributed by atoms with Gasteiger partial charge >= 0.3 is 0 Å². The molecule has 0 saturated carbocycles.